The van der Waals surface area contributed by atoms with E-state index in [9.17, 15) is 9.18 Å². The van der Waals surface area contributed by atoms with E-state index >= 15 is 0 Å². The fourth-order valence-electron chi connectivity index (χ4n) is 1.38. The van der Waals surface area contributed by atoms with Gasteiger partial charge in [0.25, 0.3) is 0 Å². The molecule has 17 heavy (non-hydrogen) atoms. The summed E-state index contributed by atoms with van der Waals surface area (Å²) in [5.41, 5.74) is 8.28. The van der Waals surface area contributed by atoms with E-state index in [0.717, 1.165) is 5.56 Å². The molecule has 0 fully saturated rings. The Labute approximate surface area is 99.1 Å². The first-order valence-corrected chi connectivity index (χ1v) is 5.00. The molecule has 0 aliphatic rings. The number of nitrogens with one attached hydrogen (secondary N) is 1. The number of rotatable bonds is 4. The fraction of sp³-hybridized carbons (Fsp3) is 0.273. The minimum absolute atomic E-state index is 0.343. The quantitative estimate of drug-likeness (QED) is 0.604. The standard InChI is InChI=1S/C11H15FN4O/c1-16(2)7-9-3-8(4-10(12)5-9)6-14-15-11(13)17/h3-6H,7H2,1-2H3,(H3,13,15,17). The summed E-state index contributed by atoms with van der Waals surface area (Å²) in [7, 11) is 3.79. The number of benzene rings is 1. The van der Waals surface area contributed by atoms with Crippen molar-refractivity contribution in [2.75, 3.05) is 14.1 Å². The molecular weight excluding hydrogens is 223 g/mol. The monoisotopic (exact) mass is 238 g/mol. The normalized spacial score (nSPS) is 11.1. The van der Waals surface area contributed by atoms with E-state index in [2.05, 4.69) is 5.10 Å². The molecule has 5 nitrogen and oxygen atoms in total. The number of hydrogen-bond acceptors (Lipinski definition) is 3. The molecule has 2 amide bonds. The van der Waals surface area contributed by atoms with E-state index in [0.29, 0.717) is 12.1 Å². The van der Waals surface area contributed by atoms with Gasteiger partial charge in [-0.3, -0.25) is 0 Å². The van der Waals surface area contributed by atoms with Crippen LogP contribution in [0, 0.1) is 5.82 Å². The zero-order valence-corrected chi connectivity index (χ0v) is 9.77. The van der Waals surface area contributed by atoms with Crippen LogP contribution in [0.3, 0.4) is 0 Å². The van der Waals surface area contributed by atoms with Gasteiger partial charge in [-0.1, -0.05) is 0 Å². The predicted molar refractivity (Wildman–Crippen MR) is 64.1 cm³/mol. The van der Waals surface area contributed by atoms with Gasteiger partial charge in [0.2, 0.25) is 0 Å². The van der Waals surface area contributed by atoms with Crippen LogP contribution in [0.1, 0.15) is 11.1 Å². The van der Waals surface area contributed by atoms with Crippen LogP contribution in [0.2, 0.25) is 0 Å². The van der Waals surface area contributed by atoms with Crippen molar-refractivity contribution in [2.45, 2.75) is 6.54 Å². The van der Waals surface area contributed by atoms with Gasteiger partial charge in [-0.05, 0) is 43.4 Å². The van der Waals surface area contributed by atoms with Gasteiger partial charge in [-0.2, -0.15) is 5.10 Å². The minimum atomic E-state index is -0.758. The van der Waals surface area contributed by atoms with E-state index in [-0.39, 0.29) is 5.82 Å². The van der Waals surface area contributed by atoms with Crippen LogP contribution in [-0.4, -0.2) is 31.2 Å². The summed E-state index contributed by atoms with van der Waals surface area (Å²) in [6.45, 7) is 0.627. The molecule has 92 valence electrons. The zero-order valence-electron chi connectivity index (χ0n) is 9.77. The SMILES string of the molecule is CN(C)Cc1cc(F)cc(C=NNC(N)=O)c1. The molecule has 0 saturated carbocycles. The minimum Gasteiger partial charge on any atom is -0.350 e. The second kappa shape index (κ2) is 5.95. The van der Waals surface area contributed by atoms with Crippen LogP contribution in [-0.2, 0) is 6.54 Å². The van der Waals surface area contributed by atoms with Gasteiger partial charge < -0.3 is 10.6 Å². The first-order valence-electron chi connectivity index (χ1n) is 5.00. The summed E-state index contributed by atoms with van der Waals surface area (Å²) in [6.07, 6.45) is 1.34. The average molecular weight is 238 g/mol. The molecule has 0 bridgehead atoms. The van der Waals surface area contributed by atoms with Crippen LogP contribution in [0.15, 0.2) is 23.3 Å². The molecule has 1 aromatic rings. The van der Waals surface area contributed by atoms with Crippen molar-refractivity contribution in [3.8, 4) is 0 Å². The molecule has 0 heterocycles. The molecule has 0 unspecified atom stereocenters. The lowest BCUT2D eigenvalue weighted by Crippen LogP contribution is -2.24. The lowest BCUT2D eigenvalue weighted by atomic mass is 10.1. The Bertz CT molecular complexity index is 431. The number of carbonyl (C=O) groups is 1. The topological polar surface area (TPSA) is 70.7 Å². The number of halogens is 1. The molecule has 3 N–H and O–H groups in total. The van der Waals surface area contributed by atoms with Crippen molar-refractivity contribution >= 4 is 12.2 Å². The van der Waals surface area contributed by atoms with Crippen molar-refractivity contribution in [2.24, 2.45) is 10.8 Å². The van der Waals surface area contributed by atoms with Gasteiger partial charge in [-0.15, -0.1) is 0 Å². The molecule has 1 aromatic carbocycles. The van der Waals surface area contributed by atoms with Crippen LogP contribution >= 0.6 is 0 Å². The number of nitrogens with two attached hydrogens (primary N) is 1. The highest BCUT2D eigenvalue weighted by atomic mass is 19.1. The third-order valence-corrected chi connectivity index (χ3v) is 1.87. The maximum absolute atomic E-state index is 13.3. The molecule has 0 radical (unpaired) electrons. The van der Waals surface area contributed by atoms with Gasteiger partial charge in [0.15, 0.2) is 0 Å². The van der Waals surface area contributed by atoms with Crippen molar-refractivity contribution in [3.63, 3.8) is 0 Å². The molecule has 0 spiro atoms. The first-order chi connectivity index (χ1) is 7.97. The number of hydrogen-bond donors (Lipinski definition) is 2. The average Bonchev–Trinajstić information content (AvgIpc) is 2.14. The summed E-state index contributed by atoms with van der Waals surface area (Å²) in [6, 6.07) is 3.81. The Kier molecular flexibility index (Phi) is 4.59. The second-order valence-electron chi connectivity index (χ2n) is 3.86. The Morgan fingerprint density at radius 1 is 1.53 bits per heavy atom. The summed E-state index contributed by atoms with van der Waals surface area (Å²) in [4.78, 5) is 12.3. The smallest absolute Gasteiger partial charge is 0.332 e. The number of primary amides is 1. The first kappa shape index (κ1) is 13.1. The largest absolute Gasteiger partial charge is 0.350 e. The number of carbonyl (C=O) groups excluding carboxylic acids is 1. The van der Waals surface area contributed by atoms with Crippen molar-refractivity contribution < 1.29 is 9.18 Å². The molecule has 0 aliphatic carbocycles. The molecule has 0 saturated heterocycles. The Balaban J connectivity index is 2.81. The van der Waals surface area contributed by atoms with E-state index in [1.54, 1.807) is 6.07 Å². The van der Waals surface area contributed by atoms with E-state index in [1.165, 1.54) is 18.3 Å². The number of amides is 2. The van der Waals surface area contributed by atoms with Crippen LogP contribution < -0.4 is 11.2 Å². The maximum atomic E-state index is 13.3. The summed E-state index contributed by atoms with van der Waals surface area (Å²) < 4.78 is 13.3. The molecule has 1 rings (SSSR count). The third kappa shape index (κ3) is 5.07. The van der Waals surface area contributed by atoms with Crippen molar-refractivity contribution in [1.29, 1.82) is 0 Å². The number of nitrogens with zero attached hydrogens (tertiary/aromatic N) is 2. The Hall–Kier alpha value is -1.95. The molecular formula is C11H15FN4O. The summed E-state index contributed by atoms with van der Waals surface area (Å²) in [5, 5.41) is 3.57. The van der Waals surface area contributed by atoms with Gasteiger partial charge in [0, 0.05) is 6.54 Å². The van der Waals surface area contributed by atoms with Gasteiger partial charge in [0.05, 0.1) is 6.21 Å². The van der Waals surface area contributed by atoms with Gasteiger partial charge in [0.1, 0.15) is 5.82 Å². The number of urea groups is 1. The van der Waals surface area contributed by atoms with Crippen LogP contribution in [0.5, 0.6) is 0 Å². The van der Waals surface area contributed by atoms with Crippen molar-refractivity contribution in [3.05, 3.63) is 35.1 Å². The fourth-order valence-corrected chi connectivity index (χ4v) is 1.38. The Morgan fingerprint density at radius 2 is 2.24 bits per heavy atom. The zero-order chi connectivity index (χ0) is 12.8. The van der Waals surface area contributed by atoms with Gasteiger partial charge in [-0.25, -0.2) is 14.6 Å². The highest BCUT2D eigenvalue weighted by Gasteiger charge is 2.01. The van der Waals surface area contributed by atoms with Crippen molar-refractivity contribution in [1.82, 2.24) is 10.3 Å². The molecule has 0 aromatic heterocycles. The lowest BCUT2D eigenvalue weighted by Gasteiger charge is -2.10. The molecule has 0 aliphatic heterocycles. The lowest BCUT2D eigenvalue weighted by molar-refractivity contribution is 0.249. The maximum Gasteiger partial charge on any atom is 0.332 e. The van der Waals surface area contributed by atoms with Crippen LogP contribution in [0.25, 0.3) is 0 Å². The van der Waals surface area contributed by atoms with Crippen LogP contribution in [0.4, 0.5) is 9.18 Å². The third-order valence-electron chi connectivity index (χ3n) is 1.87. The van der Waals surface area contributed by atoms with E-state index in [1.807, 2.05) is 24.4 Å². The second-order valence-corrected chi connectivity index (χ2v) is 3.86. The van der Waals surface area contributed by atoms with Gasteiger partial charge >= 0.3 is 6.03 Å². The molecule has 0 atom stereocenters. The highest BCUT2D eigenvalue weighted by Crippen LogP contribution is 2.09. The highest BCUT2D eigenvalue weighted by molar-refractivity contribution is 5.81. The Morgan fingerprint density at radius 3 is 2.82 bits per heavy atom. The summed E-state index contributed by atoms with van der Waals surface area (Å²) >= 11 is 0. The van der Waals surface area contributed by atoms with E-state index in [4.69, 9.17) is 5.73 Å². The molecule has 6 heteroatoms. The number of hydrazone groups is 1. The predicted octanol–water partition coefficient (Wildman–Crippen LogP) is 0.890. The van der Waals surface area contributed by atoms with E-state index < -0.39 is 6.03 Å². The summed E-state index contributed by atoms with van der Waals surface area (Å²) in [5.74, 6) is -0.343.